The van der Waals surface area contributed by atoms with Gasteiger partial charge in [0.1, 0.15) is 5.41 Å². The Morgan fingerprint density at radius 3 is 2.57 bits per heavy atom. The molecule has 0 fully saturated rings. The molecule has 0 radical (unpaired) electrons. The fourth-order valence-corrected chi connectivity index (χ4v) is 0.967. The molecule has 2 N–H and O–H groups in total. The summed E-state index contributed by atoms with van der Waals surface area (Å²) in [5, 5.41) is 11.5. The predicted molar refractivity (Wildman–Crippen MR) is 56.5 cm³/mol. The van der Waals surface area contributed by atoms with Crippen molar-refractivity contribution in [2.24, 2.45) is 11.3 Å². The normalized spacial score (nSPS) is 14.6. The van der Waals surface area contributed by atoms with Gasteiger partial charge in [0.25, 0.3) is 0 Å². The summed E-state index contributed by atoms with van der Waals surface area (Å²) >= 11 is 0. The summed E-state index contributed by atoms with van der Waals surface area (Å²) in [6.45, 7) is 6.23. The highest BCUT2D eigenvalue weighted by Crippen LogP contribution is 2.19. The third-order valence-corrected chi connectivity index (χ3v) is 2.10. The minimum Gasteiger partial charge on any atom is -0.396 e. The van der Waals surface area contributed by atoms with E-state index in [1.54, 1.807) is 6.92 Å². The molecule has 0 aliphatic rings. The van der Waals surface area contributed by atoms with Crippen molar-refractivity contribution in [3.8, 4) is 12.3 Å². The first-order valence-electron chi connectivity index (χ1n) is 4.83. The summed E-state index contributed by atoms with van der Waals surface area (Å²) in [5.74, 6) is 2.65. The maximum Gasteiger partial charge on any atom is 0.238 e. The molecule has 3 heteroatoms. The van der Waals surface area contributed by atoms with Crippen LogP contribution in [0.2, 0.25) is 0 Å². The molecular weight excluding hydrogens is 178 g/mol. The molecule has 3 nitrogen and oxygen atoms in total. The highest BCUT2D eigenvalue weighted by molar-refractivity contribution is 5.85. The Bertz CT molecular complexity index is 230. The van der Waals surface area contributed by atoms with Crippen LogP contribution in [-0.4, -0.2) is 24.2 Å². The molecule has 1 amide bonds. The zero-order valence-corrected chi connectivity index (χ0v) is 9.13. The fraction of sp³-hybridized carbons (Fsp3) is 0.727. The van der Waals surface area contributed by atoms with Gasteiger partial charge in [-0.2, -0.15) is 0 Å². The molecule has 0 spiro atoms. The van der Waals surface area contributed by atoms with Crippen LogP contribution in [0.4, 0.5) is 0 Å². The van der Waals surface area contributed by atoms with Crippen molar-refractivity contribution in [2.75, 3.05) is 13.2 Å². The van der Waals surface area contributed by atoms with E-state index in [1.807, 2.05) is 13.8 Å². The third kappa shape index (κ3) is 3.80. The molecule has 0 aliphatic carbocycles. The van der Waals surface area contributed by atoms with E-state index in [0.29, 0.717) is 18.9 Å². The quantitative estimate of drug-likeness (QED) is 0.640. The zero-order valence-electron chi connectivity index (χ0n) is 9.13. The van der Waals surface area contributed by atoms with E-state index in [0.717, 1.165) is 0 Å². The van der Waals surface area contributed by atoms with Crippen LogP contribution in [0.25, 0.3) is 0 Å². The molecule has 0 heterocycles. The second-order valence-electron chi connectivity index (χ2n) is 4.05. The van der Waals surface area contributed by atoms with Crippen LogP contribution in [0.3, 0.4) is 0 Å². The summed E-state index contributed by atoms with van der Waals surface area (Å²) in [5.41, 5.74) is -0.885. The van der Waals surface area contributed by atoms with Gasteiger partial charge in [0, 0.05) is 13.2 Å². The van der Waals surface area contributed by atoms with Crippen LogP contribution < -0.4 is 5.32 Å². The monoisotopic (exact) mass is 197 g/mol. The number of rotatable bonds is 5. The van der Waals surface area contributed by atoms with Gasteiger partial charge in [-0.05, 0) is 19.3 Å². The van der Waals surface area contributed by atoms with Crippen LogP contribution in [0, 0.1) is 23.7 Å². The van der Waals surface area contributed by atoms with Crippen molar-refractivity contribution in [1.82, 2.24) is 5.32 Å². The summed E-state index contributed by atoms with van der Waals surface area (Å²) < 4.78 is 0. The Morgan fingerprint density at radius 2 is 2.21 bits per heavy atom. The van der Waals surface area contributed by atoms with Crippen molar-refractivity contribution >= 4 is 5.91 Å². The topological polar surface area (TPSA) is 49.3 Å². The fourth-order valence-electron chi connectivity index (χ4n) is 0.967. The highest BCUT2D eigenvalue weighted by Gasteiger charge is 2.29. The van der Waals surface area contributed by atoms with Gasteiger partial charge >= 0.3 is 0 Å². The Morgan fingerprint density at radius 1 is 1.64 bits per heavy atom. The minimum absolute atomic E-state index is 0.0736. The molecule has 0 saturated heterocycles. The molecule has 0 aromatic carbocycles. The van der Waals surface area contributed by atoms with E-state index in [4.69, 9.17) is 11.5 Å². The predicted octanol–water partition coefficient (Wildman–Crippen LogP) is 0.780. The Labute approximate surface area is 85.9 Å². The number of aliphatic hydroxyl groups is 1. The lowest BCUT2D eigenvalue weighted by atomic mass is 9.87. The van der Waals surface area contributed by atoms with Crippen molar-refractivity contribution in [2.45, 2.75) is 27.2 Å². The molecule has 0 aliphatic heterocycles. The third-order valence-electron chi connectivity index (χ3n) is 2.10. The first kappa shape index (κ1) is 13.0. The van der Waals surface area contributed by atoms with E-state index in [-0.39, 0.29) is 12.5 Å². The van der Waals surface area contributed by atoms with E-state index in [2.05, 4.69) is 11.2 Å². The van der Waals surface area contributed by atoms with Gasteiger partial charge in [0.05, 0.1) is 0 Å². The first-order chi connectivity index (χ1) is 6.46. The van der Waals surface area contributed by atoms with Crippen LogP contribution in [-0.2, 0) is 4.79 Å². The Balaban J connectivity index is 4.26. The molecule has 1 unspecified atom stereocenters. The van der Waals surface area contributed by atoms with Crippen LogP contribution in [0.1, 0.15) is 27.2 Å². The standard InChI is InChI=1S/C11H19NO2/c1-5-11(4,6-7-13)10(14)12-8-9(2)3/h1,9,13H,6-8H2,2-4H3,(H,12,14). The van der Waals surface area contributed by atoms with Gasteiger partial charge in [-0.15, -0.1) is 6.42 Å². The zero-order chi connectivity index (χ0) is 11.2. The van der Waals surface area contributed by atoms with E-state index < -0.39 is 5.41 Å². The van der Waals surface area contributed by atoms with Gasteiger partial charge in [-0.25, -0.2) is 0 Å². The number of terminal acetylenes is 1. The molecule has 1 atom stereocenters. The Hall–Kier alpha value is -1.01. The average Bonchev–Trinajstić information content (AvgIpc) is 2.14. The lowest BCUT2D eigenvalue weighted by molar-refractivity contribution is -0.128. The lowest BCUT2D eigenvalue weighted by Gasteiger charge is -2.22. The number of amides is 1. The molecule has 0 aromatic rings. The van der Waals surface area contributed by atoms with Gasteiger partial charge in [-0.1, -0.05) is 19.8 Å². The maximum atomic E-state index is 11.6. The molecule has 0 aromatic heterocycles. The molecule has 0 rings (SSSR count). The number of hydrogen-bond acceptors (Lipinski definition) is 2. The van der Waals surface area contributed by atoms with E-state index in [1.165, 1.54) is 0 Å². The van der Waals surface area contributed by atoms with Crippen LogP contribution in [0.15, 0.2) is 0 Å². The number of aliphatic hydroxyl groups excluding tert-OH is 1. The summed E-state index contributed by atoms with van der Waals surface area (Å²) in [4.78, 5) is 11.6. The molecular formula is C11H19NO2. The van der Waals surface area contributed by atoms with Gasteiger partial charge in [0.2, 0.25) is 5.91 Å². The molecule has 0 saturated carbocycles. The van der Waals surface area contributed by atoms with Crippen molar-refractivity contribution < 1.29 is 9.90 Å². The maximum absolute atomic E-state index is 11.6. The minimum atomic E-state index is -0.885. The van der Waals surface area contributed by atoms with Crippen molar-refractivity contribution in [3.63, 3.8) is 0 Å². The first-order valence-corrected chi connectivity index (χ1v) is 4.83. The van der Waals surface area contributed by atoms with Crippen LogP contribution in [0.5, 0.6) is 0 Å². The number of hydrogen-bond donors (Lipinski definition) is 2. The lowest BCUT2D eigenvalue weighted by Crippen LogP contribution is -2.40. The second kappa shape index (κ2) is 5.66. The van der Waals surface area contributed by atoms with Gasteiger partial charge in [-0.3, -0.25) is 4.79 Å². The largest absolute Gasteiger partial charge is 0.396 e. The highest BCUT2D eigenvalue weighted by atomic mass is 16.3. The van der Waals surface area contributed by atoms with Crippen molar-refractivity contribution in [3.05, 3.63) is 0 Å². The van der Waals surface area contributed by atoms with Crippen LogP contribution >= 0.6 is 0 Å². The molecule has 80 valence electrons. The van der Waals surface area contributed by atoms with Gasteiger partial charge in [0.15, 0.2) is 0 Å². The SMILES string of the molecule is C#CC(C)(CCO)C(=O)NCC(C)C. The molecule has 0 bridgehead atoms. The number of nitrogens with one attached hydrogen (secondary N) is 1. The van der Waals surface area contributed by atoms with E-state index >= 15 is 0 Å². The van der Waals surface area contributed by atoms with Gasteiger partial charge < -0.3 is 10.4 Å². The smallest absolute Gasteiger partial charge is 0.238 e. The van der Waals surface area contributed by atoms with E-state index in [9.17, 15) is 4.79 Å². The second-order valence-corrected chi connectivity index (χ2v) is 4.05. The van der Waals surface area contributed by atoms with Crippen molar-refractivity contribution in [1.29, 1.82) is 0 Å². The Kier molecular flexibility index (Phi) is 5.26. The summed E-state index contributed by atoms with van der Waals surface area (Å²) in [6, 6.07) is 0. The average molecular weight is 197 g/mol. The summed E-state index contributed by atoms with van der Waals surface area (Å²) in [7, 11) is 0. The number of carbonyl (C=O) groups is 1. The summed E-state index contributed by atoms with van der Waals surface area (Å²) in [6.07, 6.45) is 5.58. The molecule has 14 heavy (non-hydrogen) atoms. The number of carbonyl (C=O) groups excluding carboxylic acids is 1.